The van der Waals surface area contributed by atoms with E-state index in [9.17, 15) is 4.79 Å². The first-order chi connectivity index (χ1) is 18.5. The Bertz CT molecular complexity index is 1640. The van der Waals surface area contributed by atoms with Crippen LogP contribution in [-0.2, 0) is 7.05 Å². The summed E-state index contributed by atoms with van der Waals surface area (Å²) in [6, 6.07) is 12.0. The van der Waals surface area contributed by atoms with E-state index in [0.29, 0.717) is 29.4 Å². The second-order valence-electron chi connectivity index (χ2n) is 9.27. The zero-order valence-corrected chi connectivity index (χ0v) is 21.5. The molecule has 5 aromatic rings. The molecule has 1 aliphatic heterocycles. The predicted octanol–water partition coefficient (Wildman–Crippen LogP) is 4.27. The van der Waals surface area contributed by atoms with Crippen LogP contribution >= 0.6 is 11.3 Å². The molecule has 0 bridgehead atoms. The Kier molecular flexibility index (Phi) is 6.30. The fraction of sp³-hybridized carbons (Fsp3) is 0.222. The Morgan fingerprint density at radius 2 is 2.03 bits per heavy atom. The second kappa shape index (κ2) is 9.92. The van der Waals surface area contributed by atoms with Crippen LogP contribution in [0.4, 0.5) is 16.0 Å². The lowest BCUT2D eigenvalue weighted by Gasteiger charge is -2.34. The van der Waals surface area contributed by atoms with Crippen molar-refractivity contribution in [2.24, 2.45) is 7.05 Å². The maximum Gasteiger partial charge on any atom is 0.262 e. The number of thiophene rings is 1. The van der Waals surface area contributed by atoms with Crippen LogP contribution < -0.4 is 16.0 Å². The first kappa shape index (κ1) is 24.1. The third kappa shape index (κ3) is 4.50. The maximum absolute atomic E-state index is 15.5. The Hall–Kier alpha value is -4.22. The monoisotopic (exact) mass is 528 g/mol. The van der Waals surface area contributed by atoms with Gasteiger partial charge in [0, 0.05) is 46.5 Å². The Morgan fingerprint density at radius 3 is 2.76 bits per heavy atom. The lowest BCUT2D eigenvalue weighted by molar-refractivity contribution is 0.0968. The highest BCUT2D eigenvalue weighted by Gasteiger charge is 2.32. The molecule has 11 heteroatoms. The molecule has 38 heavy (non-hydrogen) atoms. The molecule has 6 rings (SSSR count). The smallest absolute Gasteiger partial charge is 0.262 e. The normalized spacial score (nSPS) is 15.6. The summed E-state index contributed by atoms with van der Waals surface area (Å²) in [7, 11) is 1.74. The van der Waals surface area contributed by atoms with E-state index in [4.69, 9.17) is 5.73 Å². The number of nitrogens with one attached hydrogen (secondary N) is 1. The lowest BCUT2D eigenvalue weighted by atomic mass is 10.0. The fourth-order valence-corrected chi connectivity index (χ4v) is 5.88. The van der Waals surface area contributed by atoms with Crippen LogP contribution in [0.15, 0.2) is 61.1 Å². The SMILES string of the molecule is Cn1cc(-c2ccc(C(=O)N(c3nccc4sc(-c5ccnc(N)c5)cc34)[C@@H]3CCCNC3)c(F)c2)nn1. The van der Waals surface area contributed by atoms with E-state index in [0.717, 1.165) is 39.9 Å². The summed E-state index contributed by atoms with van der Waals surface area (Å²) in [4.78, 5) is 25.4. The van der Waals surface area contributed by atoms with E-state index in [-0.39, 0.29) is 11.6 Å². The van der Waals surface area contributed by atoms with Gasteiger partial charge in [-0.05, 0) is 61.3 Å². The number of amides is 1. The highest BCUT2D eigenvalue weighted by molar-refractivity contribution is 7.22. The van der Waals surface area contributed by atoms with Crippen LogP contribution in [0, 0.1) is 5.82 Å². The summed E-state index contributed by atoms with van der Waals surface area (Å²) in [5.41, 5.74) is 7.92. The minimum atomic E-state index is -0.614. The van der Waals surface area contributed by atoms with Gasteiger partial charge in [0.1, 0.15) is 23.1 Å². The molecule has 9 nitrogen and oxygen atoms in total. The number of halogens is 1. The number of nitrogens with zero attached hydrogens (tertiary/aromatic N) is 6. The molecule has 1 aliphatic rings. The van der Waals surface area contributed by atoms with Crippen LogP contribution in [-0.4, -0.2) is 50.0 Å². The minimum Gasteiger partial charge on any atom is -0.384 e. The Morgan fingerprint density at radius 1 is 1.16 bits per heavy atom. The number of hydrogen-bond donors (Lipinski definition) is 2. The average Bonchev–Trinajstić information content (AvgIpc) is 3.56. The summed E-state index contributed by atoms with van der Waals surface area (Å²) < 4.78 is 18.0. The molecule has 1 saturated heterocycles. The number of anilines is 2. The second-order valence-corrected chi connectivity index (χ2v) is 10.4. The molecule has 0 saturated carbocycles. The number of aromatic nitrogens is 5. The van der Waals surface area contributed by atoms with E-state index in [1.165, 1.54) is 12.1 Å². The molecule has 5 heterocycles. The molecule has 3 N–H and O–H groups in total. The quantitative estimate of drug-likeness (QED) is 0.350. The number of carbonyl (C=O) groups excluding carboxylic acids is 1. The fourth-order valence-electron chi connectivity index (χ4n) is 4.83. The molecule has 192 valence electrons. The van der Waals surface area contributed by atoms with Gasteiger partial charge in [-0.2, -0.15) is 0 Å². The largest absolute Gasteiger partial charge is 0.384 e. The molecule has 0 aliphatic carbocycles. The van der Waals surface area contributed by atoms with E-state index >= 15 is 4.39 Å². The van der Waals surface area contributed by atoms with Crippen molar-refractivity contribution in [1.29, 1.82) is 0 Å². The van der Waals surface area contributed by atoms with Crippen LogP contribution in [0.3, 0.4) is 0 Å². The zero-order valence-electron chi connectivity index (χ0n) is 20.6. The third-order valence-electron chi connectivity index (χ3n) is 6.67. The molecular weight excluding hydrogens is 503 g/mol. The van der Waals surface area contributed by atoms with E-state index in [1.54, 1.807) is 52.6 Å². The van der Waals surface area contributed by atoms with Crippen molar-refractivity contribution < 1.29 is 9.18 Å². The number of aryl methyl sites for hydroxylation is 1. The number of nitrogen functional groups attached to an aromatic ring is 1. The van der Waals surface area contributed by atoms with Gasteiger partial charge in [0.25, 0.3) is 5.91 Å². The lowest BCUT2D eigenvalue weighted by Crippen LogP contribution is -2.49. The van der Waals surface area contributed by atoms with Crippen LogP contribution in [0.25, 0.3) is 31.8 Å². The first-order valence-electron chi connectivity index (χ1n) is 12.3. The van der Waals surface area contributed by atoms with E-state index in [2.05, 4.69) is 25.6 Å². The van der Waals surface area contributed by atoms with Crippen molar-refractivity contribution in [3.05, 3.63) is 72.4 Å². The summed E-state index contributed by atoms with van der Waals surface area (Å²) in [5.74, 6) is -0.0907. The van der Waals surface area contributed by atoms with Crippen molar-refractivity contribution in [3.8, 4) is 21.7 Å². The zero-order chi connectivity index (χ0) is 26.2. The molecule has 1 atom stereocenters. The first-order valence-corrected chi connectivity index (χ1v) is 13.1. The van der Waals surface area contributed by atoms with Crippen molar-refractivity contribution in [2.45, 2.75) is 18.9 Å². The molecule has 1 amide bonds. The highest BCUT2D eigenvalue weighted by Crippen LogP contribution is 2.39. The van der Waals surface area contributed by atoms with Crippen LogP contribution in [0.1, 0.15) is 23.2 Å². The van der Waals surface area contributed by atoms with Crippen molar-refractivity contribution >= 4 is 39.0 Å². The number of rotatable bonds is 5. The van der Waals surface area contributed by atoms with Gasteiger partial charge in [0.15, 0.2) is 0 Å². The average molecular weight is 529 g/mol. The molecule has 4 aromatic heterocycles. The van der Waals surface area contributed by atoms with Crippen molar-refractivity contribution in [2.75, 3.05) is 23.7 Å². The molecule has 0 spiro atoms. The summed E-state index contributed by atoms with van der Waals surface area (Å²) in [6.07, 6.45) is 6.76. The van der Waals surface area contributed by atoms with Gasteiger partial charge >= 0.3 is 0 Å². The summed E-state index contributed by atoms with van der Waals surface area (Å²) in [5, 5.41) is 12.2. The molecule has 0 radical (unpaired) electrons. The molecule has 1 aromatic carbocycles. The number of nitrogens with two attached hydrogens (primary N) is 1. The van der Waals surface area contributed by atoms with Gasteiger partial charge in [-0.15, -0.1) is 16.4 Å². The van der Waals surface area contributed by atoms with Gasteiger partial charge < -0.3 is 11.1 Å². The van der Waals surface area contributed by atoms with Gasteiger partial charge in [0.2, 0.25) is 0 Å². The maximum atomic E-state index is 15.5. The molecular formula is C27H25FN8OS. The predicted molar refractivity (Wildman–Crippen MR) is 146 cm³/mol. The summed E-state index contributed by atoms with van der Waals surface area (Å²) >= 11 is 1.58. The number of fused-ring (bicyclic) bond motifs is 1. The topological polar surface area (TPSA) is 115 Å². The number of pyridine rings is 2. The minimum absolute atomic E-state index is 0.0145. The van der Waals surface area contributed by atoms with Crippen LogP contribution in [0.2, 0.25) is 0 Å². The Labute approximate surface area is 222 Å². The number of hydrogen-bond acceptors (Lipinski definition) is 8. The van der Waals surface area contributed by atoms with Gasteiger partial charge in [-0.25, -0.2) is 14.4 Å². The van der Waals surface area contributed by atoms with Gasteiger partial charge in [-0.3, -0.25) is 14.4 Å². The van der Waals surface area contributed by atoms with E-state index in [1.807, 2.05) is 24.3 Å². The van der Waals surface area contributed by atoms with Crippen molar-refractivity contribution in [1.82, 2.24) is 30.3 Å². The van der Waals surface area contributed by atoms with Crippen molar-refractivity contribution in [3.63, 3.8) is 0 Å². The van der Waals surface area contributed by atoms with Gasteiger partial charge in [0.05, 0.1) is 17.8 Å². The highest BCUT2D eigenvalue weighted by atomic mass is 32.1. The van der Waals surface area contributed by atoms with Crippen LogP contribution in [0.5, 0.6) is 0 Å². The standard InChI is InChI=1S/C27H25FN8OS/c1-35-15-22(33-34-35)16-4-5-19(21(28)11-16)27(37)36(18-3-2-8-30-14-18)26-20-13-24(38-23(20)7-10-32-26)17-6-9-31-25(29)12-17/h4-7,9-13,15,18,30H,2-3,8,14H2,1H3,(H2,29,31)/t18-/m1/s1. The molecule has 0 unspecified atom stereocenters. The summed E-state index contributed by atoms with van der Waals surface area (Å²) in [6.45, 7) is 1.48. The molecule has 1 fully saturated rings. The number of benzene rings is 1. The third-order valence-corrected chi connectivity index (χ3v) is 7.82. The number of carbonyl (C=O) groups is 1. The van der Waals surface area contributed by atoms with E-state index < -0.39 is 11.7 Å². The van der Waals surface area contributed by atoms with Gasteiger partial charge in [-0.1, -0.05) is 11.3 Å². The number of piperidine rings is 1. The Balaban J connectivity index is 1.43.